The van der Waals surface area contributed by atoms with Crippen molar-refractivity contribution in [2.45, 2.75) is 44.6 Å². The van der Waals surface area contributed by atoms with Gasteiger partial charge in [0, 0.05) is 12.1 Å². The summed E-state index contributed by atoms with van der Waals surface area (Å²) in [7, 11) is 0. The summed E-state index contributed by atoms with van der Waals surface area (Å²) < 4.78 is 18.5. The first-order valence-corrected chi connectivity index (χ1v) is 7.40. The van der Waals surface area contributed by atoms with Gasteiger partial charge < -0.3 is 10.1 Å². The first kappa shape index (κ1) is 15.1. The van der Waals surface area contributed by atoms with Crippen molar-refractivity contribution in [2.75, 3.05) is 6.61 Å². The number of hydrogen-bond acceptors (Lipinski definition) is 2. The number of carbonyl (C=O) groups excluding carboxylic acids is 1. The molecule has 0 aliphatic heterocycles. The number of amides is 1. The minimum atomic E-state index is -0.548. The van der Waals surface area contributed by atoms with Crippen molar-refractivity contribution < 1.29 is 13.9 Å². The van der Waals surface area contributed by atoms with Crippen LogP contribution in [0.2, 0.25) is 5.02 Å². The number of benzene rings is 1. The lowest BCUT2D eigenvalue weighted by Crippen LogP contribution is -2.37. The summed E-state index contributed by atoms with van der Waals surface area (Å²) >= 11 is 5.58. The van der Waals surface area contributed by atoms with Crippen LogP contribution in [-0.4, -0.2) is 18.6 Å². The van der Waals surface area contributed by atoms with Gasteiger partial charge in [0.1, 0.15) is 11.6 Å². The third-order valence-electron chi connectivity index (χ3n) is 3.48. The summed E-state index contributed by atoms with van der Waals surface area (Å²) in [6.07, 6.45) is 6.87. The quantitative estimate of drug-likeness (QED) is 0.861. The van der Waals surface area contributed by atoms with Crippen molar-refractivity contribution in [3.8, 4) is 5.75 Å². The molecule has 1 N–H and O–H groups in total. The second-order valence-electron chi connectivity index (χ2n) is 5.12. The van der Waals surface area contributed by atoms with Crippen LogP contribution in [0.4, 0.5) is 4.39 Å². The Bertz CT molecular complexity index is 459. The molecule has 0 atom stereocenters. The highest BCUT2D eigenvalue weighted by molar-refractivity contribution is 6.30. The van der Waals surface area contributed by atoms with Crippen LogP contribution in [0.3, 0.4) is 0 Å². The molecule has 1 amide bonds. The molecule has 0 bridgehead atoms. The minimum Gasteiger partial charge on any atom is -0.484 e. The van der Waals surface area contributed by atoms with Gasteiger partial charge in [-0.15, -0.1) is 0 Å². The van der Waals surface area contributed by atoms with Gasteiger partial charge >= 0.3 is 0 Å². The zero-order chi connectivity index (χ0) is 14.4. The molecule has 1 aliphatic rings. The van der Waals surface area contributed by atoms with Crippen molar-refractivity contribution in [3.05, 3.63) is 29.0 Å². The highest BCUT2D eigenvalue weighted by Gasteiger charge is 2.15. The summed E-state index contributed by atoms with van der Waals surface area (Å²) in [5.41, 5.74) is 0. The van der Waals surface area contributed by atoms with Gasteiger partial charge in [0.25, 0.3) is 5.91 Å². The molecule has 0 heterocycles. The van der Waals surface area contributed by atoms with E-state index in [0.29, 0.717) is 5.75 Å². The lowest BCUT2D eigenvalue weighted by molar-refractivity contribution is -0.123. The topological polar surface area (TPSA) is 38.3 Å². The molecule has 5 heteroatoms. The lowest BCUT2D eigenvalue weighted by atomic mass is 10.1. The smallest absolute Gasteiger partial charge is 0.258 e. The van der Waals surface area contributed by atoms with Crippen molar-refractivity contribution in [1.29, 1.82) is 0 Å². The highest BCUT2D eigenvalue weighted by Crippen LogP contribution is 2.20. The Morgan fingerprint density at radius 2 is 2.00 bits per heavy atom. The van der Waals surface area contributed by atoms with E-state index in [1.54, 1.807) is 6.07 Å². The first-order valence-electron chi connectivity index (χ1n) is 7.02. The summed E-state index contributed by atoms with van der Waals surface area (Å²) in [4.78, 5) is 11.8. The van der Waals surface area contributed by atoms with Gasteiger partial charge in [-0.05, 0) is 25.0 Å². The molecule has 1 saturated carbocycles. The maximum atomic E-state index is 13.2. The number of nitrogens with one attached hydrogen (secondary N) is 1. The number of hydrogen-bond donors (Lipinski definition) is 1. The molecule has 1 fully saturated rings. The molecule has 1 aliphatic carbocycles. The van der Waals surface area contributed by atoms with Gasteiger partial charge in [0.2, 0.25) is 0 Å². The lowest BCUT2D eigenvalue weighted by Gasteiger charge is -2.16. The van der Waals surface area contributed by atoms with Crippen molar-refractivity contribution in [3.63, 3.8) is 0 Å². The third-order valence-corrected chi connectivity index (χ3v) is 3.79. The molecule has 20 heavy (non-hydrogen) atoms. The summed E-state index contributed by atoms with van der Waals surface area (Å²) in [6.45, 7) is -0.0996. The van der Waals surface area contributed by atoms with Crippen LogP contribution in [-0.2, 0) is 4.79 Å². The maximum Gasteiger partial charge on any atom is 0.258 e. The second-order valence-corrected chi connectivity index (χ2v) is 5.53. The Kier molecular flexibility index (Phi) is 5.65. The molecule has 0 radical (unpaired) electrons. The molecule has 0 aromatic heterocycles. The third kappa shape index (κ3) is 4.67. The standard InChI is InChI=1S/C15H19ClFNO2/c16-13-8-7-12(9-14(13)17)20-10-15(19)18-11-5-3-1-2-4-6-11/h7-9,11H,1-6,10H2,(H,18,19). The van der Waals surface area contributed by atoms with E-state index in [-0.39, 0.29) is 23.6 Å². The number of ether oxygens (including phenoxy) is 1. The molecule has 2 rings (SSSR count). The normalized spacial score (nSPS) is 16.5. The average Bonchev–Trinajstić information content (AvgIpc) is 2.69. The molecular weight excluding hydrogens is 281 g/mol. The summed E-state index contributed by atoms with van der Waals surface area (Å²) in [5.74, 6) is -0.400. The zero-order valence-electron chi connectivity index (χ0n) is 11.3. The predicted octanol–water partition coefficient (Wildman–Crippen LogP) is 3.70. The van der Waals surface area contributed by atoms with Gasteiger partial charge in [-0.1, -0.05) is 37.3 Å². The van der Waals surface area contributed by atoms with Gasteiger partial charge in [-0.25, -0.2) is 4.39 Å². The van der Waals surface area contributed by atoms with Crippen LogP contribution in [0.5, 0.6) is 5.75 Å². The number of rotatable bonds is 4. The Balaban J connectivity index is 1.77. The van der Waals surface area contributed by atoms with Gasteiger partial charge in [-0.3, -0.25) is 4.79 Å². The fourth-order valence-electron chi connectivity index (χ4n) is 2.41. The molecule has 1 aromatic carbocycles. The van der Waals surface area contributed by atoms with E-state index in [0.717, 1.165) is 25.7 Å². The fraction of sp³-hybridized carbons (Fsp3) is 0.533. The second kappa shape index (κ2) is 7.48. The average molecular weight is 300 g/mol. The van der Waals surface area contributed by atoms with Crippen molar-refractivity contribution in [2.24, 2.45) is 0 Å². The van der Waals surface area contributed by atoms with E-state index in [1.807, 2.05) is 0 Å². The molecule has 1 aromatic rings. The van der Waals surface area contributed by atoms with Gasteiger partial charge in [0.05, 0.1) is 5.02 Å². The van der Waals surface area contributed by atoms with Gasteiger partial charge in [0.15, 0.2) is 6.61 Å². The minimum absolute atomic E-state index is 0.0419. The van der Waals surface area contributed by atoms with E-state index >= 15 is 0 Å². The first-order chi connectivity index (χ1) is 9.65. The Morgan fingerprint density at radius 3 is 2.65 bits per heavy atom. The van der Waals surface area contributed by atoms with Crippen LogP contribution in [0, 0.1) is 5.82 Å². The van der Waals surface area contributed by atoms with E-state index in [1.165, 1.54) is 25.0 Å². The molecular formula is C15H19ClFNO2. The molecule has 0 unspecified atom stereocenters. The van der Waals surface area contributed by atoms with Crippen molar-refractivity contribution >= 4 is 17.5 Å². The van der Waals surface area contributed by atoms with Gasteiger partial charge in [-0.2, -0.15) is 0 Å². The van der Waals surface area contributed by atoms with E-state index in [4.69, 9.17) is 16.3 Å². The summed E-state index contributed by atoms with van der Waals surface area (Å²) in [5, 5.41) is 3.01. The van der Waals surface area contributed by atoms with Crippen LogP contribution in [0.1, 0.15) is 38.5 Å². The Morgan fingerprint density at radius 1 is 1.30 bits per heavy atom. The zero-order valence-corrected chi connectivity index (χ0v) is 12.1. The van der Waals surface area contributed by atoms with E-state index in [2.05, 4.69) is 5.32 Å². The molecule has 0 spiro atoms. The predicted molar refractivity (Wildman–Crippen MR) is 76.5 cm³/mol. The summed E-state index contributed by atoms with van der Waals surface area (Å²) in [6, 6.07) is 4.39. The van der Waals surface area contributed by atoms with E-state index in [9.17, 15) is 9.18 Å². The van der Waals surface area contributed by atoms with Crippen LogP contribution in [0.15, 0.2) is 18.2 Å². The number of carbonyl (C=O) groups is 1. The SMILES string of the molecule is O=C(COc1ccc(Cl)c(F)c1)NC1CCCCCC1. The molecule has 3 nitrogen and oxygen atoms in total. The van der Waals surface area contributed by atoms with Crippen LogP contribution >= 0.6 is 11.6 Å². The highest BCUT2D eigenvalue weighted by atomic mass is 35.5. The van der Waals surface area contributed by atoms with Crippen LogP contribution in [0.25, 0.3) is 0 Å². The number of halogens is 2. The van der Waals surface area contributed by atoms with Crippen molar-refractivity contribution in [1.82, 2.24) is 5.32 Å². The largest absolute Gasteiger partial charge is 0.484 e. The Labute approximate surface area is 123 Å². The maximum absolute atomic E-state index is 13.2. The van der Waals surface area contributed by atoms with Crippen LogP contribution < -0.4 is 10.1 Å². The molecule has 0 saturated heterocycles. The monoisotopic (exact) mass is 299 g/mol. The fourth-order valence-corrected chi connectivity index (χ4v) is 2.53. The molecule has 110 valence electrons. The Hall–Kier alpha value is -1.29. The van der Waals surface area contributed by atoms with E-state index < -0.39 is 5.82 Å².